The molecule has 0 fully saturated rings. The van der Waals surface area contributed by atoms with E-state index in [2.05, 4.69) is 5.32 Å². The van der Waals surface area contributed by atoms with Gasteiger partial charge in [0.25, 0.3) is 5.91 Å². The molecule has 0 unspecified atom stereocenters. The Kier molecular flexibility index (Phi) is 7.60. The Balaban J connectivity index is 1.84. The summed E-state index contributed by atoms with van der Waals surface area (Å²) in [5.74, 6) is -1.53. The lowest BCUT2D eigenvalue weighted by molar-refractivity contribution is -0.136. The number of thioether (sulfide) groups is 1. The first kappa shape index (κ1) is 21.0. The number of nitriles is 1. The van der Waals surface area contributed by atoms with Gasteiger partial charge < -0.3 is 15.0 Å². The van der Waals surface area contributed by atoms with Gasteiger partial charge in [-0.1, -0.05) is 12.1 Å². The summed E-state index contributed by atoms with van der Waals surface area (Å²) in [5.41, 5.74) is 1.33. The highest BCUT2D eigenvalue weighted by atomic mass is 32.2. The SMILES string of the molecule is CSc1ccccc1NC(=O)CN(C)C(=O)COC(=O)c1ccc(C#N)cc1. The minimum atomic E-state index is -0.676. The van der Waals surface area contributed by atoms with Gasteiger partial charge in [0.2, 0.25) is 5.91 Å². The fourth-order valence-corrected chi connectivity index (χ4v) is 2.80. The number of rotatable bonds is 7. The van der Waals surface area contributed by atoms with E-state index in [1.807, 2.05) is 30.5 Å². The molecule has 0 spiro atoms. The zero-order chi connectivity index (χ0) is 20.5. The van der Waals surface area contributed by atoms with E-state index in [-0.39, 0.29) is 18.0 Å². The second-order valence-corrected chi connectivity index (χ2v) is 6.61. The van der Waals surface area contributed by atoms with Gasteiger partial charge in [0.1, 0.15) is 0 Å². The van der Waals surface area contributed by atoms with Crippen LogP contribution in [0.5, 0.6) is 0 Å². The van der Waals surface area contributed by atoms with Crippen LogP contribution in [0.1, 0.15) is 15.9 Å². The molecule has 0 aliphatic heterocycles. The molecule has 0 bridgehead atoms. The lowest BCUT2D eigenvalue weighted by Gasteiger charge is -2.17. The number of esters is 1. The summed E-state index contributed by atoms with van der Waals surface area (Å²) in [7, 11) is 1.46. The van der Waals surface area contributed by atoms with Gasteiger partial charge in [-0.2, -0.15) is 5.26 Å². The van der Waals surface area contributed by atoms with Crippen molar-refractivity contribution in [2.45, 2.75) is 4.90 Å². The maximum atomic E-state index is 12.2. The van der Waals surface area contributed by atoms with Crippen molar-refractivity contribution in [2.75, 3.05) is 31.8 Å². The van der Waals surface area contributed by atoms with Crippen molar-refractivity contribution in [1.29, 1.82) is 5.26 Å². The topological polar surface area (TPSA) is 99.5 Å². The van der Waals surface area contributed by atoms with Gasteiger partial charge in [0, 0.05) is 11.9 Å². The summed E-state index contributed by atoms with van der Waals surface area (Å²) in [5, 5.41) is 11.5. The predicted molar refractivity (Wildman–Crippen MR) is 106 cm³/mol. The van der Waals surface area contributed by atoms with Gasteiger partial charge >= 0.3 is 5.97 Å². The first-order valence-electron chi connectivity index (χ1n) is 8.28. The number of anilines is 1. The van der Waals surface area contributed by atoms with Crippen molar-refractivity contribution in [2.24, 2.45) is 0 Å². The first-order valence-corrected chi connectivity index (χ1v) is 9.51. The van der Waals surface area contributed by atoms with Gasteiger partial charge in [0.15, 0.2) is 6.61 Å². The Morgan fingerprint density at radius 1 is 1.14 bits per heavy atom. The van der Waals surface area contributed by atoms with Crippen molar-refractivity contribution in [3.05, 3.63) is 59.7 Å². The molecule has 0 radical (unpaired) electrons. The number of nitrogens with zero attached hydrogens (tertiary/aromatic N) is 2. The van der Waals surface area contributed by atoms with Crippen molar-refractivity contribution in [3.63, 3.8) is 0 Å². The van der Waals surface area contributed by atoms with Crippen LogP contribution in [0.3, 0.4) is 0 Å². The van der Waals surface area contributed by atoms with Crippen LogP contribution in [0.25, 0.3) is 0 Å². The van der Waals surface area contributed by atoms with Crippen molar-refractivity contribution in [3.8, 4) is 6.07 Å². The van der Waals surface area contributed by atoms with Gasteiger partial charge in [-0.3, -0.25) is 9.59 Å². The van der Waals surface area contributed by atoms with Crippen LogP contribution >= 0.6 is 11.8 Å². The highest BCUT2D eigenvalue weighted by molar-refractivity contribution is 7.98. The van der Waals surface area contributed by atoms with Crippen molar-refractivity contribution in [1.82, 2.24) is 4.90 Å². The molecular formula is C20H19N3O4S. The molecular weight excluding hydrogens is 378 g/mol. The number of hydrogen-bond donors (Lipinski definition) is 1. The zero-order valence-electron chi connectivity index (χ0n) is 15.5. The molecule has 144 valence electrons. The quantitative estimate of drug-likeness (QED) is 0.569. The largest absolute Gasteiger partial charge is 0.452 e. The van der Waals surface area contributed by atoms with Crippen molar-refractivity contribution < 1.29 is 19.1 Å². The van der Waals surface area contributed by atoms with Crippen LogP contribution in [0, 0.1) is 11.3 Å². The fourth-order valence-electron chi connectivity index (χ4n) is 2.24. The molecule has 0 aliphatic carbocycles. The molecule has 8 heteroatoms. The number of carbonyl (C=O) groups is 3. The Labute approximate surface area is 167 Å². The van der Waals surface area contributed by atoms with E-state index in [1.54, 1.807) is 6.07 Å². The third-order valence-corrected chi connectivity index (χ3v) is 4.56. The van der Waals surface area contributed by atoms with Gasteiger partial charge in [-0.25, -0.2) is 4.79 Å². The van der Waals surface area contributed by atoms with Crippen LogP contribution in [0.4, 0.5) is 5.69 Å². The Morgan fingerprint density at radius 2 is 1.82 bits per heavy atom. The monoisotopic (exact) mass is 397 g/mol. The highest BCUT2D eigenvalue weighted by Crippen LogP contribution is 2.24. The molecule has 2 aromatic carbocycles. The summed E-state index contributed by atoms with van der Waals surface area (Å²) in [6, 6.07) is 15.2. The lowest BCUT2D eigenvalue weighted by Crippen LogP contribution is -2.37. The number of likely N-dealkylation sites (N-methyl/N-ethyl adjacent to an activating group) is 1. The highest BCUT2D eigenvalue weighted by Gasteiger charge is 2.16. The number of amides is 2. The zero-order valence-corrected chi connectivity index (χ0v) is 16.3. The van der Waals surface area contributed by atoms with Crippen molar-refractivity contribution >= 4 is 35.2 Å². The second kappa shape index (κ2) is 10.1. The molecule has 7 nitrogen and oxygen atoms in total. The predicted octanol–water partition coefficient (Wildman–Crippen LogP) is 2.53. The molecule has 0 saturated carbocycles. The average molecular weight is 397 g/mol. The number of carbonyl (C=O) groups excluding carboxylic acids is 3. The van der Waals surface area contributed by atoms with Crippen LogP contribution in [0.2, 0.25) is 0 Å². The van der Waals surface area contributed by atoms with E-state index in [9.17, 15) is 14.4 Å². The second-order valence-electron chi connectivity index (χ2n) is 5.76. The van der Waals surface area contributed by atoms with Crippen LogP contribution < -0.4 is 5.32 Å². The number of benzene rings is 2. The minimum Gasteiger partial charge on any atom is -0.452 e. The van der Waals surface area contributed by atoms with Crippen LogP contribution in [0.15, 0.2) is 53.4 Å². The summed E-state index contributed by atoms with van der Waals surface area (Å²) < 4.78 is 4.97. The fraction of sp³-hybridized carbons (Fsp3) is 0.200. The standard InChI is InChI=1S/C20H19N3O4S/c1-23(12-18(24)22-16-5-3-4-6-17(16)28-2)19(25)13-27-20(26)15-9-7-14(11-21)8-10-15/h3-10H,12-13H2,1-2H3,(H,22,24). The normalized spacial score (nSPS) is 9.89. The summed E-state index contributed by atoms with van der Waals surface area (Å²) >= 11 is 1.50. The maximum absolute atomic E-state index is 12.2. The summed E-state index contributed by atoms with van der Waals surface area (Å²) in [4.78, 5) is 38.3. The third kappa shape index (κ3) is 5.86. The molecule has 2 amide bonds. The van der Waals surface area contributed by atoms with E-state index < -0.39 is 18.5 Å². The van der Waals surface area contributed by atoms with Gasteiger partial charge in [-0.15, -0.1) is 11.8 Å². The van der Waals surface area contributed by atoms with E-state index in [0.29, 0.717) is 11.3 Å². The smallest absolute Gasteiger partial charge is 0.338 e. The lowest BCUT2D eigenvalue weighted by atomic mass is 10.1. The number of ether oxygens (including phenoxy) is 1. The number of para-hydroxylation sites is 1. The third-order valence-electron chi connectivity index (χ3n) is 3.76. The summed E-state index contributed by atoms with van der Waals surface area (Å²) in [6.45, 7) is -0.653. The Bertz CT molecular complexity index is 906. The molecule has 0 heterocycles. The molecule has 0 saturated heterocycles. The van der Waals surface area contributed by atoms with Crippen LogP contribution in [-0.2, 0) is 14.3 Å². The van der Waals surface area contributed by atoms with E-state index >= 15 is 0 Å². The number of hydrogen-bond acceptors (Lipinski definition) is 6. The average Bonchev–Trinajstić information content (AvgIpc) is 2.72. The van der Waals surface area contributed by atoms with Crippen LogP contribution in [-0.4, -0.2) is 49.1 Å². The molecule has 28 heavy (non-hydrogen) atoms. The maximum Gasteiger partial charge on any atom is 0.338 e. The molecule has 2 aromatic rings. The van der Waals surface area contributed by atoms with E-state index in [1.165, 1.54) is 48.0 Å². The molecule has 0 aliphatic rings. The number of nitrogens with one attached hydrogen (secondary N) is 1. The first-order chi connectivity index (χ1) is 13.4. The Morgan fingerprint density at radius 3 is 2.46 bits per heavy atom. The van der Waals surface area contributed by atoms with Gasteiger partial charge in [0.05, 0.1) is 29.4 Å². The summed E-state index contributed by atoms with van der Waals surface area (Å²) in [6.07, 6.45) is 1.91. The van der Waals surface area contributed by atoms with E-state index in [0.717, 1.165) is 4.90 Å². The molecule has 0 atom stereocenters. The van der Waals surface area contributed by atoms with E-state index in [4.69, 9.17) is 10.00 Å². The molecule has 0 aromatic heterocycles. The Hall–Kier alpha value is -3.31. The van der Waals surface area contributed by atoms with Gasteiger partial charge in [-0.05, 0) is 42.7 Å². The molecule has 2 rings (SSSR count). The molecule has 1 N–H and O–H groups in total. The minimum absolute atomic E-state index is 0.171.